The standard InChI is InChI=1S/C32H31FN6O5/c1-19(35-36-31(42)20-7-9-34-10-8-20)23-4-2-3-21(29(23)40)17-37-11-13-38(14-12-37)28-16-27-24(15-26(28)33)30(41)25(32(43)44)18-39(27)22-5-6-22/h2-4,7-10,15-16,18,22,40H,5-6,11-14,17H2,1H3,(H,36,42)(H,43,44)/b35-19+. The van der Waals surface area contributed by atoms with E-state index in [9.17, 15) is 24.6 Å². The van der Waals surface area contributed by atoms with E-state index in [0.29, 0.717) is 66.3 Å². The number of hydrogen-bond donors (Lipinski definition) is 3. The van der Waals surface area contributed by atoms with Crippen molar-refractivity contribution >= 4 is 34.2 Å². The van der Waals surface area contributed by atoms with Crippen LogP contribution in [-0.2, 0) is 6.54 Å². The Hall–Kier alpha value is -5.10. The Morgan fingerprint density at radius 2 is 1.80 bits per heavy atom. The number of aromatic hydroxyl groups is 1. The molecule has 1 saturated carbocycles. The van der Waals surface area contributed by atoms with Crippen LogP contribution in [0.15, 0.2) is 71.0 Å². The second-order valence-electron chi connectivity index (χ2n) is 11.1. The van der Waals surface area contributed by atoms with E-state index in [1.807, 2.05) is 17.0 Å². The summed E-state index contributed by atoms with van der Waals surface area (Å²) in [6.07, 6.45) is 6.17. The summed E-state index contributed by atoms with van der Waals surface area (Å²) in [5.74, 6) is -2.19. The third-order valence-electron chi connectivity index (χ3n) is 8.16. The number of pyridine rings is 2. The average Bonchev–Trinajstić information content (AvgIpc) is 3.87. The highest BCUT2D eigenvalue weighted by Crippen LogP contribution is 2.38. The van der Waals surface area contributed by atoms with Crippen LogP contribution in [0.25, 0.3) is 10.9 Å². The molecule has 1 saturated heterocycles. The summed E-state index contributed by atoms with van der Waals surface area (Å²) in [4.78, 5) is 44.8. The predicted molar refractivity (Wildman–Crippen MR) is 163 cm³/mol. The Kier molecular flexibility index (Phi) is 7.83. The summed E-state index contributed by atoms with van der Waals surface area (Å²) < 4.78 is 17.2. The lowest BCUT2D eigenvalue weighted by Gasteiger charge is -2.36. The lowest BCUT2D eigenvalue weighted by Crippen LogP contribution is -2.46. The number of aromatic nitrogens is 2. The molecule has 0 atom stereocenters. The maximum Gasteiger partial charge on any atom is 0.341 e. The first kappa shape index (κ1) is 29.0. The molecule has 0 spiro atoms. The number of carboxylic acid groups (broad SMARTS) is 1. The van der Waals surface area contributed by atoms with Crippen molar-refractivity contribution in [3.05, 3.63) is 99.3 Å². The van der Waals surface area contributed by atoms with Gasteiger partial charge in [-0.05, 0) is 50.1 Å². The van der Waals surface area contributed by atoms with Crippen molar-refractivity contribution in [2.75, 3.05) is 31.1 Å². The second-order valence-corrected chi connectivity index (χ2v) is 11.1. The minimum Gasteiger partial charge on any atom is -0.507 e. The number of carboxylic acids is 1. The molecule has 2 fully saturated rings. The fourth-order valence-corrected chi connectivity index (χ4v) is 5.57. The fraction of sp³-hybridized carbons (Fsp3) is 0.281. The normalized spacial score (nSPS) is 15.9. The van der Waals surface area contributed by atoms with E-state index in [1.165, 1.54) is 18.6 Å². The van der Waals surface area contributed by atoms with Crippen LogP contribution in [0.2, 0.25) is 0 Å². The minimum atomic E-state index is -1.32. The quantitative estimate of drug-likeness (QED) is 0.206. The maximum atomic E-state index is 15.4. The largest absolute Gasteiger partial charge is 0.507 e. The van der Waals surface area contributed by atoms with E-state index in [2.05, 4.69) is 20.4 Å². The van der Waals surface area contributed by atoms with E-state index in [0.717, 1.165) is 18.9 Å². The molecule has 2 aromatic heterocycles. The van der Waals surface area contributed by atoms with E-state index >= 15 is 4.39 Å². The highest BCUT2D eigenvalue weighted by atomic mass is 19.1. The number of rotatable bonds is 8. The first-order chi connectivity index (χ1) is 21.2. The number of para-hydroxylation sites is 1. The molecule has 1 amide bonds. The highest BCUT2D eigenvalue weighted by molar-refractivity contribution is 6.03. The monoisotopic (exact) mass is 598 g/mol. The molecule has 0 unspecified atom stereocenters. The molecule has 2 aromatic carbocycles. The van der Waals surface area contributed by atoms with Crippen molar-refractivity contribution in [3.8, 4) is 5.75 Å². The average molecular weight is 599 g/mol. The number of halogens is 1. The number of nitrogens with zero attached hydrogens (tertiary/aromatic N) is 5. The first-order valence-corrected chi connectivity index (χ1v) is 14.4. The second kappa shape index (κ2) is 11.9. The van der Waals surface area contributed by atoms with E-state index in [-0.39, 0.29) is 28.6 Å². The lowest BCUT2D eigenvalue weighted by atomic mass is 10.0. The number of phenolic OH excluding ortho intramolecular Hbond substituents is 1. The maximum absolute atomic E-state index is 15.4. The molecule has 11 nitrogen and oxygen atoms in total. The van der Waals surface area contributed by atoms with Crippen molar-refractivity contribution in [2.24, 2.45) is 5.10 Å². The number of amides is 1. The molecule has 4 aromatic rings. The first-order valence-electron chi connectivity index (χ1n) is 14.4. The van der Waals surface area contributed by atoms with E-state index in [4.69, 9.17) is 0 Å². The van der Waals surface area contributed by atoms with Crippen molar-refractivity contribution in [1.29, 1.82) is 0 Å². The zero-order valence-corrected chi connectivity index (χ0v) is 24.0. The number of phenols is 1. The number of piperazine rings is 1. The number of hydrogen-bond acceptors (Lipinski definition) is 8. The number of anilines is 1. The molecule has 2 aliphatic rings. The molecular formula is C32H31FN6O5. The molecule has 1 aliphatic heterocycles. The number of hydrazone groups is 1. The summed E-state index contributed by atoms with van der Waals surface area (Å²) >= 11 is 0. The summed E-state index contributed by atoms with van der Waals surface area (Å²) in [7, 11) is 0. The van der Waals surface area contributed by atoms with Crippen LogP contribution in [-0.4, -0.2) is 68.4 Å². The van der Waals surface area contributed by atoms with Gasteiger partial charge < -0.3 is 19.7 Å². The number of benzene rings is 2. The molecule has 6 rings (SSSR count). The van der Waals surface area contributed by atoms with Crippen LogP contribution in [0.5, 0.6) is 5.75 Å². The van der Waals surface area contributed by atoms with Gasteiger partial charge in [0.05, 0.1) is 16.9 Å². The number of aromatic carboxylic acids is 1. The van der Waals surface area contributed by atoms with E-state index in [1.54, 1.807) is 35.8 Å². The zero-order chi connectivity index (χ0) is 31.0. The van der Waals surface area contributed by atoms with Gasteiger partial charge in [0.25, 0.3) is 5.91 Å². The van der Waals surface area contributed by atoms with Gasteiger partial charge in [-0.25, -0.2) is 14.6 Å². The number of fused-ring (bicyclic) bond motifs is 1. The van der Waals surface area contributed by atoms with Crippen molar-refractivity contribution in [3.63, 3.8) is 0 Å². The molecule has 1 aliphatic carbocycles. The third kappa shape index (κ3) is 5.76. The van der Waals surface area contributed by atoms with Gasteiger partial charge >= 0.3 is 5.97 Å². The third-order valence-corrected chi connectivity index (χ3v) is 8.16. The number of carbonyl (C=O) groups is 2. The van der Waals surface area contributed by atoms with Crippen LogP contribution in [0, 0.1) is 5.82 Å². The van der Waals surface area contributed by atoms with Gasteiger partial charge in [-0.1, -0.05) is 12.1 Å². The van der Waals surface area contributed by atoms with Crippen LogP contribution < -0.4 is 15.8 Å². The van der Waals surface area contributed by atoms with Gasteiger partial charge in [0.15, 0.2) is 0 Å². The molecule has 44 heavy (non-hydrogen) atoms. The van der Waals surface area contributed by atoms with Crippen LogP contribution in [0.3, 0.4) is 0 Å². The minimum absolute atomic E-state index is 0.0720. The van der Waals surface area contributed by atoms with Gasteiger partial charge in [0.2, 0.25) is 5.43 Å². The predicted octanol–water partition coefficient (Wildman–Crippen LogP) is 3.75. The summed E-state index contributed by atoms with van der Waals surface area (Å²) in [6, 6.07) is 11.5. The van der Waals surface area contributed by atoms with Crippen LogP contribution >= 0.6 is 0 Å². The molecule has 0 bridgehead atoms. The van der Waals surface area contributed by atoms with Gasteiger partial charge in [0.1, 0.15) is 17.1 Å². The number of nitrogens with one attached hydrogen (secondary N) is 1. The molecule has 0 radical (unpaired) electrons. The van der Waals surface area contributed by atoms with Crippen LogP contribution in [0.1, 0.15) is 57.7 Å². The Morgan fingerprint density at radius 1 is 1.07 bits per heavy atom. The van der Waals surface area contributed by atoms with Crippen LogP contribution in [0.4, 0.5) is 10.1 Å². The van der Waals surface area contributed by atoms with Gasteiger partial charge in [-0.15, -0.1) is 0 Å². The zero-order valence-electron chi connectivity index (χ0n) is 24.0. The van der Waals surface area contributed by atoms with Crippen molar-refractivity contribution < 1.29 is 24.2 Å². The molecule has 3 N–H and O–H groups in total. The van der Waals surface area contributed by atoms with E-state index < -0.39 is 17.2 Å². The molecule has 3 heterocycles. The summed E-state index contributed by atoms with van der Waals surface area (Å²) in [5, 5.41) is 24.8. The van der Waals surface area contributed by atoms with Crippen molar-refractivity contribution in [1.82, 2.24) is 19.9 Å². The SMILES string of the molecule is C/C(=N\NC(=O)c1ccncc1)c1cccc(CN2CCN(c3cc4c(cc3F)c(=O)c(C(=O)O)cn4C3CC3)CC2)c1O. The molecule has 226 valence electrons. The Bertz CT molecular complexity index is 1850. The number of carbonyl (C=O) groups excluding carboxylic acids is 1. The fourth-order valence-electron chi connectivity index (χ4n) is 5.57. The van der Waals surface area contributed by atoms with Gasteiger partial charge in [-0.3, -0.25) is 19.5 Å². The lowest BCUT2D eigenvalue weighted by molar-refractivity contribution is 0.0694. The smallest absolute Gasteiger partial charge is 0.341 e. The highest BCUT2D eigenvalue weighted by Gasteiger charge is 2.29. The van der Waals surface area contributed by atoms with Gasteiger partial charge in [0, 0.05) is 79.4 Å². The summed E-state index contributed by atoms with van der Waals surface area (Å²) in [6.45, 7) is 4.40. The van der Waals surface area contributed by atoms with Gasteiger partial charge in [-0.2, -0.15) is 5.10 Å². The topological polar surface area (TPSA) is 140 Å². The van der Waals surface area contributed by atoms with Crippen molar-refractivity contribution in [2.45, 2.75) is 32.4 Å². The summed E-state index contributed by atoms with van der Waals surface area (Å²) in [5.41, 5.74) is 4.45. The molecule has 12 heteroatoms. The Balaban J connectivity index is 1.15. The Labute approximate surface area is 251 Å². The molecular weight excluding hydrogens is 567 g/mol. The Morgan fingerprint density at radius 3 is 2.48 bits per heavy atom.